The molecule has 0 bridgehead atoms. The van der Waals surface area contributed by atoms with Crippen molar-refractivity contribution >= 4 is 17.6 Å². The molecule has 2 aromatic carbocycles. The summed E-state index contributed by atoms with van der Waals surface area (Å²) in [5, 5.41) is 0. The van der Waals surface area contributed by atoms with E-state index in [1.807, 2.05) is 0 Å². The Labute approximate surface area is 122 Å². The average Bonchev–Trinajstić information content (AvgIpc) is 2.45. The van der Waals surface area contributed by atoms with Gasteiger partial charge in [-0.25, -0.2) is 0 Å². The predicted molar refractivity (Wildman–Crippen MR) is 79.3 cm³/mol. The Bertz CT molecular complexity index is 668. The van der Waals surface area contributed by atoms with Crippen LogP contribution in [-0.2, 0) is 22.6 Å². The minimum atomic E-state index is -0.544. The van der Waals surface area contributed by atoms with Crippen LogP contribution in [0.2, 0.25) is 0 Å². The Balaban J connectivity index is 1.97. The van der Waals surface area contributed by atoms with Gasteiger partial charge in [0.1, 0.15) is 6.61 Å². The maximum atomic E-state index is 11.8. The molecule has 0 radical (unpaired) electrons. The highest BCUT2D eigenvalue weighted by molar-refractivity contribution is 5.94. The van der Waals surface area contributed by atoms with Gasteiger partial charge in [-0.1, -0.05) is 30.3 Å². The van der Waals surface area contributed by atoms with Crippen molar-refractivity contribution in [2.75, 3.05) is 5.73 Å². The van der Waals surface area contributed by atoms with Crippen LogP contribution in [0, 0.1) is 0 Å². The summed E-state index contributed by atoms with van der Waals surface area (Å²) >= 11 is 0. The lowest BCUT2D eigenvalue weighted by Crippen LogP contribution is -2.15. The lowest BCUT2D eigenvalue weighted by atomic mass is 10.1. The SMILES string of the molecule is NC(=O)c1ccccc1COC(=O)Cc1cccc(N)c1. The number of primary amides is 1. The van der Waals surface area contributed by atoms with Crippen molar-refractivity contribution < 1.29 is 14.3 Å². The van der Waals surface area contributed by atoms with Gasteiger partial charge in [0.15, 0.2) is 0 Å². The molecule has 4 N–H and O–H groups in total. The summed E-state index contributed by atoms with van der Waals surface area (Å²) in [6.07, 6.45) is 0.129. The first-order valence-electron chi connectivity index (χ1n) is 6.44. The molecule has 0 fully saturated rings. The summed E-state index contributed by atoms with van der Waals surface area (Å²) < 4.78 is 5.18. The summed E-state index contributed by atoms with van der Waals surface area (Å²) in [5.74, 6) is -0.933. The quantitative estimate of drug-likeness (QED) is 0.644. The van der Waals surface area contributed by atoms with Gasteiger partial charge in [0.05, 0.1) is 6.42 Å². The van der Waals surface area contributed by atoms with Crippen LogP contribution >= 0.6 is 0 Å². The Morgan fingerprint density at radius 3 is 2.52 bits per heavy atom. The van der Waals surface area contributed by atoms with E-state index in [1.54, 1.807) is 48.5 Å². The maximum absolute atomic E-state index is 11.8. The third-order valence-corrected chi connectivity index (χ3v) is 2.97. The van der Waals surface area contributed by atoms with Crippen molar-refractivity contribution in [3.8, 4) is 0 Å². The maximum Gasteiger partial charge on any atom is 0.310 e. The molecule has 0 spiro atoms. The van der Waals surface area contributed by atoms with E-state index in [0.29, 0.717) is 16.8 Å². The molecule has 0 saturated carbocycles. The largest absolute Gasteiger partial charge is 0.461 e. The summed E-state index contributed by atoms with van der Waals surface area (Å²) in [5.41, 5.74) is 13.2. The van der Waals surface area contributed by atoms with Gasteiger partial charge in [-0.3, -0.25) is 9.59 Å². The van der Waals surface area contributed by atoms with E-state index in [1.165, 1.54) is 0 Å². The number of carbonyl (C=O) groups is 2. The molecule has 1 amide bonds. The number of hydrogen-bond acceptors (Lipinski definition) is 4. The van der Waals surface area contributed by atoms with Crippen LogP contribution in [0.25, 0.3) is 0 Å². The molecule has 0 unspecified atom stereocenters. The second kappa shape index (κ2) is 6.56. The van der Waals surface area contributed by atoms with Gasteiger partial charge in [0.25, 0.3) is 0 Å². The number of rotatable bonds is 5. The van der Waals surface area contributed by atoms with E-state index < -0.39 is 5.91 Å². The second-order valence-electron chi connectivity index (χ2n) is 4.60. The third kappa shape index (κ3) is 4.07. The molecule has 0 aliphatic carbocycles. The first-order valence-corrected chi connectivity index (χ1v) is 6.44. The smallest absolute Gasteiger partial charge is 0.310 e. The fourth-order valence-electron chi connectivity index (χ4n) is 1.97. The molecular formula is C16H16N2O3. The van der Waals surface area contributed by atoms with Crippen molar-refractivity contribution in [1.29, 1.82) is 0 Å². The van der Waals surface area contributed by atoms with Crippen LogP contribution in [0.1, 0.15) is 21.5 Å². The van der Waals surface area contributed by atoms with Gasteiger partial charge in [0, 0.05) is 16.8 Å². The summed E-state index contributed by atoms with van der Waals surface area (Å²) in [6, 6.07) is 13.8. The van der Waals surface area contributed by atoms with Crippen LogP contribution in [0.5, 0.6) is 0 Å². The number of carbonyl (C=O) groups excluding carboxylic acids is 2. The minimum absolute atomic E-state index is 0.0141. The van der Waals surface area contributed by atoms with Gasteiger partial charge in [-0.2, -0.15) is 0 Å². The molecule has 2 aromatic rings. The number of esters is 1. The van der Waals surface area contributed by atoms with E-state index in [4.69, 9.17) is 16.2 Å². The second-order valence-corrected chi connectivity index (χ2v) is 4.60. The molecule has 2 rings (SSSR count). The van der Waals surface area contributed by atoms with Crippen LogP contribution < -0.4 is 11.5 Å². The van der Waals surface area contributed by atoms with Gasteiger partial charge >= 0.3 is 5.97 Å². The van der Waals surface area contributed by atoms with Crippen molar-refractivity contribution in [3.05, 3.63) is 65.2 Å². The number of anilines is 1. The third-order valence-electron chi connectivity index (χ3n) is 2.97. The molecule has 0 aliphatic rings. The fraction of sp³-hybridized carbons (Fsp3) is 0.125. The monoisotopic (exact) mass is 284 g/mol. The number of hydrogen-bond donors (Lipinski definition) is 2. The zero-order valence-corrected chi connectivity index (χ0v) is 11.4. The molecule has 5 nitrogen and oxygen atoms in total. The van der Waals surface area contributed by atoms with Crippen molar-refractivity contribution in [3.63, 3.8) is 0 Å². The Morgan fingerprint density at radius 1 is 1.05 bits per heavy atom. The fourth-order valence-corrected chi connectivity index (χ4v) is 1.97. The molecule has 0 aromatic heterocycles. The molecule has 0 heterocycles. The van der Waals surface area contributed by atoms with E-state index in [-0.39, 0.29) is 19.0 Å². The van der Waals surface area contributed by atoms with Gasteiger partial charge in [0.2, 0.25) is 5.91 Å². The van der Waals surface area contributed by atoms with E-state index in [0.717, 1.165) is 5.56 Å². The number of amides is 1. The van der Waals surface area contributed by atoms with E-state index in [9.17, 15) is 9.59 Å². The lowest BCUT2D eigenvalue weighted by Gasteiger charge is -2.08. The number of ether oxygens (including phenoxy) is 1. The highest BCUT2D eigenvalue weighted by Crippen LogP contribution is 2.11. The highest BCUT2D eigenvalue weighted by atomic mass is 16.5. The minimum Gasteiger partial charge on any atom is -0.461 e. The van der Waals surface area contributed by atoms with Gasteiger partial charge in [-0.15, -0.1) is 0 Å². The molecule has 0 atom stereocenters. The number of benzene rings is 2. The molecule has 0 aliphatic heterocycles. The molecule has 21 heavy (non-hydrogen) atoms. The number of nitrogen functional groups attached to an aromatic ring is 1. The topological polar surface area (TPSA) is 95.4 Å². The molecule has 0 saturated heterocycles. The molecule has 108 valence electrons. The normalized spacial score (nSPS) is 10.1. The first kappa shape index (κ1) is 14.6. The van der Waals surface area contributed by atoms with E-state index in [2.05, 4.69) is 0 Å². The van der Waals surface area contributed by atoms with Gasteiger partial charge in [-0.05, 0) is 23.8 Å². The lowest BCUT2D eigenvalue weighted by molar-refractivity contribution is -0.144. The Kier molecular flexibility index (Phi) is 4.56. The van der Waals surface area contributed by atoms with Crippen LogP contribution in [0.3, 0.4) is 0 Å². The number of nitrogens with two attached hydrogens (primary N) is 2. The van der Waals surface area contributed by atoms with Crippen molar-refractivity contribution in [2.24, 2.45) is 5.73 Å². The predicted octanol–water partition coefficient (Wildman–Crippen LogP) is 1.65. The molecular weight excluding hydrogens is 268 g/mol. The van der Waals surface area contributed by atoms with Crippen LogP contribution in [0.4, 0.5) is 5.69 Å². The van der Waals surface area contributed by atoms with Crippen LogP contribution in [0.15, 0.2) is 48.5 Å². The first-order chi connectivity index (χ1) is 10.1. The van der Waals surface area contributed by atoms with Crippen LogP contribution in [-0.4, -0.2) is 11.9 Å². The van der Waals surface area contributed by atoms with E-state index >= 15 is 0 Å². The van der Waals surface area contributed by atoms with Crippen molar-refractivity contribution in [1.82, 2.24) is 0 Å². The summed E-state index contributed by atoms with van der Waals surface area (Å²) in [6.45, 7) is 0.0141. The van der Waals surface area contributed by atoms with Crippen molar-refractivity contribution in [2.45, 2.75) is 13.0 Å². The summed E-state index contributed by atoms with van der Waals surface area (Å²) in [4.78, 5) is 23.1. The standard InChI is InChI=1S/C16H16N2O3/c17-13-6-3-4-11(8-13)9-15(19)21-10-12-5-1-2-7-14(12)16(18)20/h1-8H,9-10,17H2,(H2,18,20). The Hall–Kier alpha value is -2.82. The summed E-state index contributed by atoms with van der Waals surface area (Å²) in [7, 11) is 0. The van der Waals surface area contributed by atoms with Gasteiger partial charge < -0.3 is 16.2 Å². The highest BCUT2D eigenvalue weighted by Gasteiger charge is 2.10. The molecule has 5 heteroatoms. The zero-order valence-electron chi connectivity index (χ0n) is 11.4. The Morgan fingerprint density at radius 2 is 1.81 bits per heavy atom. The average molecular weight is 284 g/mol. The zero-order chi connectivity index (χ0) is 15.2.